The van der Waals surface area contributed by atoms with Crippen molar-refractivity contribution in [2.45, 2.75) is 44.4 Å². The molecule has 1 aromatic heterocycles. The molecule has 3 N–H and O–H groups in total. The third-order valence-corrected chi connectivity index (χ3v) is 8.66. The molecule has 48 heavy (non-hydrogen) atoms. The maximum absolute atomic E-state index is 14.1. The molecule has 0 saturated heterocycles. The number of benzene rings is 4. The second-order valence-electron chi connectivity index (χ2n) is 11.8. The molecule has 1 amide bonds. The number of allylic oxidation sites excluding steroid dienone is 1. The van der Waals surface area contributed by atoms with Gasteiger partial charge in [-0.1, -0.05) is 60.7 Å². The first-order chi connectivity index (χ1) is 23.2. The van der Waals surface area contributed by atoms with Crippen LogP contribution in [0, 0.1) is 5.92 Å². The van der Waals surface area contributed by atoms with Gasteiger partial charge in [-0.2, -0.15) is 0 Å². The maximum atomic E-state index is 14.1. The minimum atomic E-state index is -2.10. The third-order valence-electron chi connectivity index (χ3n) is 8.66. The SMILES string of the molecule is CC([C@H](C/C=C/c1nc2ccccc2o1)c1ccc2c(c1)OCO2)N(Cc1ccc2ccccc2c1)C(=O)C(O)C(CC(=O)O)C(=O)O. The zero-order valence-electron chi connectivity index (χ0n) is 26.1. The number of fused-ring (bicyclic) bond motifs is 3. The number of nitrogens with zero attached hydrogens (tertiary/aromatic N) is 2. The van der Waals surface area contributed by atoms with Crippen LogP contribution in [0.1, 0.15) is 42.7 Å². The Labute approximate surface area is 275 Å². The molecule has 246 valence electrons. The fourth-order valence-corrected chi connectivity index (χ4v) is 6.07. The van der Waals surface area contributed by atoms with Gasteiger partial charge in [-0.25, -0.2) is 4.98 Å². The first-order valence-electron chi connectivity index (χ1n) is 15.5. The van der Waals surface area contributed by atoms with Gasteiger partial charge in [0.1, 0.15) is 17.5 Å². The molecule has 0 spiro atoms. The number of hydrogen-bond acceptors (Lipinski definition) is 8. The number of ether oxygens (including phenoxy) is 2. The lowest BCUT2D eigenvalue weighted by molar-refractivity contribution is -0.160. The quantitative estimate of drug-likeness (QED) is 0.141. The molecule has 4 aromatic carbocycles. The maximum Gasteiger partial charge on any atom is 0.310 e. The van der Waals surface area contributed by atoms with Crippen LogP contribution in [0.5, 0.6) is 11.5 Å². The largest absolute Gasteiger partial charge is 0.481 e. The number of rotatable bonds is 13. The number of para-hydroxylation sites is 2. The van der Waals surface area contributed by atoms with E-state index in [2.05, 4.69) is 4.98 Å². The van der Waals surface area contributed by atoms with E-state index in [0.29, 0.717) is 34.9 Å². The smallest absolute Gasteiger partial charge is 0.310 e. The molecule has 0 aliphatic carbocycles. The van der Waals surface area contributed by atoms with Crippen LogP contribution in [0.25, 0.3) is 27.9 Å². The highest BCUT2D eigenvalue weighted by atomic mass is 16.7. The summed E-state index contributed by atoms with van der Waals surface area (Å²) in [5.41, 5.74) is 2.92. The van der Waals surface area contributed by atoms with Gasteiger partial charge in [0.05, 0.1) is 6.42 Å². The number of carboxylic acids is 2. The van der Waals surface area contributed by atoms with Crippen LogP contribution in [0.4, 0.5) is 0 Å². The van der Waals surface area contributed by atoms with E-state index in [1.54, 1.807) is 12.1 Å². The minimum Gasteiger partial charge on any atom is -0.481 e. The molecule has 11 heteroatoms. The van der Waals surface area contributed by atoms with Crippen LogP contribution >= 0.6 is 0 Å². The van der Waals surface area contributed by atoms with Crippen molar-refractivity contribution in [2.24, 2.45) is 5.92 Å². The topological polar surface area (TPSA) is 160 Å². The van der Waals surface area contributed by atoms with Gasteiger partial charge < -0.3 is 34.1 Å². The number of carbonyl (C=O) groups excluding carboxylic acids is 1. The summed E-state index contributed by atoms with van der Waals surface area (Å²) in [4.78, 5) is 43.6. The van der Waals surface area contributed by atoms with Crippen LogP contribution in [0.2, 0.25) is 0 Å². The Morgan fingerprint density at radius 3 is 2.44 bits per heavy atom. The molecule has 1 aliphatic rings. The lowest BCUT2D eigenvalue weighted by Crippen LogP contribution is -2.50. The second kappa shape index (κ2) is 14.0. The molecule has 0 fully saturated rings. The van der Waals surface area contributed by atoms with Crippen molar-refractivity contribution in [3.8, 4) is 11.5 Å². The number of aliphatic hydroxyl groups excluding tert-OH is 1. The highest BCUT2D eigenvalue weighted by molar-refractivity contribution is 5.89. The number of hydrogen-bond donors (Lipinski definition) is 3. The Bertz CT molecular complexity index is 1970. The predicted octanol–water partition coefficient (Wildman–Crippen LogP) is 5.85. The van der Waals surface area contributed by atoms with Crippen LogP contribution in [0.3, 0.4) is 0 Å². The zero-order valence-corrected chi connectivity index (χ0v) is 26.1. The number of aromatic nitrogens is 1. The summed E-state index contributed by atoms with van der Waals surface area (Å²) in [6, 6.07) is 25.8. The second-order valence-corrected chi connectivity index (χ2v) is 11.8. The summed E-state index contributed by atoms with van der Waals surface area (Å²) in [7, 11) is 0. The number of carboxylic acid groups (broad SMARTS) is 2. The van der Waals surface area contributed by atoms with E-state index in [4.69, 9.17) is 13.9 Å². The Balaban J connectivity index is 1.37. The minimum absolute atomic E-state index is 0.0250. The Morgan fingerprint density at radius 2 is 1.67 bits per heavy atom. The molecule has 1 aliphatic heterocycles. The van der Waals surface area contributed by atoms with Gasteiger partial charge >= 0.3 is 11.9 Å². The normalized spacial score (nSPS) is 15.0. The summed E-state index contributed by atoms with van der Waals surface area (Å²) in [5.74, 6) is -4.61. The first-order valence-corrected chi connectivity index (χ1v) is 15.5. The van der Waals surface area contributed by atoms with Crippen molar-refractivity contribution < 1.29 is 43.6 Å². The van der Waals surface area contributed by atoms with Gasteiger partial charge in [0.25, 0.3) is 5.91 Å². The van der Waals surface area contributed by atoms with Gasteiger partial charge in [-0.15, -0.1) is 0 Å². The zero-order chi connectivity index (χ0) is 33.8. The van der Waals surface area contributed by atoms with E-state index >= 15 is 0 Å². The number of aliphatic hydroxyl groups is 1. The summed E-state index contributed by atoms with van der Waals surface area (Å²) in [6.45, 7) is 1.92. The average Bonchev–Trinajstić information content (AvgIpc) is 3.73. The van der Waals surface area contributed by atoms with Gasteiger partial charge in [0.15, 0.2) is 17.1 Å². The fraction of sp³-hybridized carbons (Fsp3) is 0.243. The molecule has 2 heterocycles. The van der Waals surface area contributed by atoms with E-state index < -0.39 is 48.2 Å². The number of amides is 1. The number of aliphatic carboxylic acids is 2. The predicted molar refractivity (Wildman–Crippen MR) is 176 cm³/mol. The fourth-order valence-electron chi connectivity index (χ4n) is 6.07. The van der Waals surface area contributed by atoms with Crippen LogP contribution < -0.4 is 9.47 Å². The molecular weight excluding hydrogens is 616 g/mol. The van der Waals surface area contributed by atoms with E-state index in [9.17, 15) is 29.7 Å². The molecular formula is C37H34N2O9. The molecule has 0 saturated carbocycles. The van der Waals surface area contributed by atoms with E-state index in [1.165, 1.54) is 4.90 Å². The highest BCUT2D eigenvalue weighted by Gasteiger charge is 2.39. The van der Waals surface area contributed by atoms with Crippen molar-refractivity contribution in [3.05, 3.63) is 108 Å². The van der Waals surface area contributed by atoms with Crippen LogP contribution in [0.15, 0.2) is 95.4 Å². The molecule has 6 rings (SSSR count). The third kappa shape index (κ3) is 7.01. The Morgan fingerprint density at radius 1 is 0.917 bits per heavy atom. The summed E-state index contributed by atoms with van der Waals surface area (Å²) in [6.07, 6.45) is 1.00. The number of carbonyl (C=O) groups is 3. The molecule has 11 nitrogen and oxygen atoms in total. The summed E-state index contributed by atoms with van der Waals surface area (Å²) >= 11 is 0. The van der Waals surface area contributed by atoms with Crippen molar-refractivity contribution in [1.82, 2.24) is 9.88 Å². The van der Waals surface area contributed by atoms with Crippen molar-refractivity contribution in [2.75, 3.05) is 6.79 Å². The monoisotopic (exact) mass is 650 g/mol. The van der Waals surface area contributed by atoms with Gasteiger partial charge in [-0.05, 0) is 71.7 Å². The molecule has 0 radical (unpaired) electrons. The molecule has 0 bridgehead atoms. The highest BCUT2D eigenvalue weighted by Crippen LogP contribution is 2.38. The first kappa shape index (κ1) is 32.3. The van der Waals surface area contributed by atoms with Crippen molar-refractivity contribution in [3.63, 3.8) is 0 Å². The lowest BCUT2D eigenvalue weighted by atomic mass is 9.86. The number of oxazole rings is 1. The van der Waals surface area contributed by atoms with Crippen molar-refractivity contribution in [1.29, 1.82) is 0 Å². The molecule has 5 aromatic rings. The Hall–Kier alpha value is -5.68. The van der Waals surface area contributed by atoms with Gasteiger partial charge in [0.2, 0.25) is 12.7 Å². The average molecular weight is 651 g/mol. The van der Waals surface area contributed by atoms with E-state index in [0.717, 1.165) is 21.9 Å². The van der Waals surface area contributed by atoms with Gasteiger partial charge in [0, 0.05) is 18.5 Å². The lowest BCUT2D eigenvalue weighted by Gasteiger charge is -2.37. The van der Waals surface area contributed by atoms with Gasteiger partial charge in [-0.3, -0.25) is 14.4 Å². The molecule has 3 unspecified atom stereocenters. The van der Waals surface area contributed by atoms with E-state index in [1.807, 2.05) is 91.9 Å². The van der Waals surface area contributed by atoms with E-state index in [-0.39, 0.29) is 13.3 Å². The Kier molecular flexibility index (Phi) is 9.40. The molecule has 4 atom stereocenters. The van der Waals surface area contributed by atoms with Crippen LogP contribution in [-0.4, -0.2) is 62.0 Å². The summed E-state index contributed by atoms with van der Waals surface area (Å²) in [5, 5.41) is 32.2. The summed E-state index contributed by atoms with van der Waals surface area (Å²) < 4.78 is 17.0. The van der Waals surface area contributed by atoms with Crippen LogP contribution in [-0.2, 0) is 20.9 Å². The standard InChI is InChI=1S/C37H34N2O9/c1-22(27(26-15-16-31-32(18-26)47-21-46-31)9-6-12-33-38-29-10-4-5-11-30(29)48-33)39(36(43)35(42)28(37(44)45)19-34(40)41)20-23-13-14-24-7-2-3-8-25(24)17-23/h2-8,10-18,22,27-28,35,42H,9,19-21H2,1H3,(H,40,41)(H,44,45)/b12-6+/t22?,27-,28?,35?/m0/s1. The van der Waals surface area contributed by atoms with Crippen molar-refractivity contribution >= 4 is 45.8 Å².